The molecule has 1 amide bonds. The standard InChI is InChI=1S/C13H22ClNO2/c14-7-3-8-15(11-4-1-5-11)13(16)10-12-6-2-9-17-12/h11-12H,1-10H2. The predicted octanol–water partition coefficient (Wildman–Crippen LogP) is 2.57. The summed E-state index contributed by atoms with van der Waals surface area (Å²) in [5, 5.41) is 0. The highest BCUT2D eigenvalue weighted by Gasteiger charge is 2.30. The lowest BCUT2D eigenvalue weighted by atomic mass is 9.91. The first kappa shape index (κ1) is 13.2. The second kappa shape index (κ2) is 6.60. The first-order valence-corrected chi connectivity index (χ1v) is 7.31. The number of hydrogen-bond acceptors (Lipinski definition) is 2. The van der Waals surface area contributed by atoms with Gasteiger partial charge in [0.1, 0.15) is 0 Å². The van der Waals surface area contributed by atoms with Crippen LogP contribution in [-0.4, -0.2) is 42.0 Å². The number of hydrogen-bond donors (Lipinski definition) is 0. The van der Waals surface area contributed by atoms with Gasteiger partial charge in [-0.25, -0.2) is 0 Å². The van der Waals surface area contributed by atoms with Crippen molar-refractivity contribution in [1.29, 1.82) is 0 Å². The van der Waals surface area contributed by atoms with Crippen molar-refractivity contribution >= 4 is 17.5 Å². The Kier molecular flexibility index (Phi) is 5.11. The lowest BCUT2D eigenvalue weighted by Crippen LogP contribution is -2.45. The fraction of sp³-hybridized carbons (Fsp3) is 0.923. The smallest absolute Gasteiger partial charge is 0.225 e. The molecule has 0 aromatic carbocycles. The van der Waals surface area contributed by atoms with E-state index in [0.717, 1.165) is 32.4 Å². The highest BCUT2D eigenvalue weighted by molar-refractivity contribution is 6.17. The summed E-state index contributed by atoms with van der Waals surface area (Å²) in [5.74, 6) is 0.905. The molecule has 1 unspecified atom stereocenters. The van der Waals surface area contributed by atoms with E-state index in [9.17, 15) is 4.79 Å². The minimum atomic E-state index is 0.168. The molecule has 0 radical (unpaired) electrons. The predicted molar refractivity (Wildman–Crippen MR) is 68.3 cm³/mol. The molecule has 2 fully saturated rings. The average molecular weight is 260 g/mol. The summed E-state index contributed by atoms with van der Waals surface area (Å²) in [6.07, 6.45) is 7.37. The van der Waals surface area contributed by atoms with E-state index in [1.807, 2.05) is 4.90 Å². The molecule has 1 aliphatic carbocycles. The normalized spacial score (nSPS) is 24.6. The van der Waals surface area contributed by atoms with Crippen LogP contribution in [0.25, 0.3) is 0 Å². The number of carbonyl (C=O) groups excluding carboxylic acids is 1. The zero-order valence-electron chi connectivity index (χ0n) is 10.4. The first-order valence-electron chi connectivity index (χ1n) is 6.78. The molecule has 0 bridgehead atoms. The second-order valence-corrected chi connectivity index (χ2v) is 5.43. The van der Waals surface area contributed by atoms with E-state index in [1.54, 1.807) is 0 Å². The quantitative estimate of drug-likeness (QED) is 0.686. The van der Waals surface area contributed by atoms with E-state index in [4.69, 9.17) is 16.3 Å². The minimum absolute atomic E-state index is 0.168. The Hall–Kier alpha value is -0.280. The lowest BCUT2D eigenvalue weighted by Gasteiger charge is -2.38. The van der Waals surface area contributed by atoms with Crippen molar-refractivity contribution in [3.63, 3.8) is 0 Å². The number of nitrogens with zero attached hydrogens (tertiary/aromatic N) is 1. The minimum Gasteiger partial charge on any atom is -0.378 e. The summed E-state index contributed by atoms with van der Waals surface area (Å²) >= 11 is 5.72. The highest BCUT2D eigenvalue weighted by Crippen LogP contribution is 2.27. The van der Waals surface area contributed by atoms with Gasteiger partial charge in [-0.15, -0.1) is 11.6 Å². The van der Waals surface area contributed by atoms with E-state index in [-0.39, 0.29) is 12.0 Å². The van der Waals surface area contributed by atoms with Gasteiger partial charge in [0.15, 0.2) is 0 Å². The van der Waals surface area contributed by atoms with Crippen LogP contribution in [0.5, 0.6) is 0 Å². The van der Waals surface area contributed by atoms with Crippen molar-refractivity contribution in [2.75, 3.05) is 19.0 Å². The Bertz CT molecular complexity index is 250. The Morgan fingerprint density at radius 1 is 1.29 bits per heavy atom. The van der Waals surface area contributed by atoms with Crippen molar-refractivity contribution in [2.45, 2.75) is 57.1 Å². The lowest BCUT2D eigenvalue weighted by molar-refractivity contribution is -0.137. The summed E-state index contributed by atoms with van der Waals surface area (Å²) in [4.78, 5) is 14.3. The number of amides is 1. The maximum absolute atomic E-state index is 12.2. The average Bonchev–Trinajstić information content (AvgIpc) is 2.73. The molecule has 0 spiro atoms. The molecule has 1 saturated heterocycles. The zero-order valence-corrected chi connectivity index (χ0v) is 11.1. The van der Waals surface area contributed by atoms with Gasteiger partial charge in [-0.2, -0.15) is 0 Å². The van der Waals surface area contributed by atoms with Crippen LogP contribution < -0.4 is 0 Å². The van der Waals surface area contributed by atoms with Crippen LogP contribution in [0.3, 0.4) is 0 Å². The molecule has 4 heteroatoms. The van der Waals surface area contributed by atoms with Gasteiger partial charge in [-0.1, -0.05) is 0 Å². The Balaban J connectivity index is 1.82. The molecule has 17 heavy (non-hydrogen) atoms. The van der Waals surface area contributed by atoms with Crippen LogP contribution in [0.1, 0.15) is 44.9 Å². The van der Waals surface area contributed by atoms with Gasteiger partial charge in [0.25, 0.3) is 0 Å². The van der Waals surface area contributed by atoms with E-state index in [1.165, 1.54) is 19.3 Å². The van der Waals surface area contributed by atoms with Gasteiger partial charge < -0.3 is 9.64 Å². The molecule has 1 saturated carbocycles. The zero-order chi connectivity index (χ0) is 12.1. The molecular weight excluding hydrogens is 238 g/mol. The number of rotatable bonds is 6. The van der Waals surface area contributed by atoms with E-state index < -0.39 is 0 Å². The Morgan fingerprint density at radius 2 is 2.12 bits per heavy atom. The maximum Gasteiger partial charge on any atom is 0.225 e. The highest BCUT2D eigenvalue weighted by atomic mass is 35.5. The number of carbonyl (C=O) groups is 1. The molecule has 2 rings (SSSR count). The van der Waals surface area contributed by atoms with Crippen molar-refractivity contribution in [3.05, 3.63) is 0 Å². The van der Waals surface area contributed by atoms with Crippen LogP contribution in [-0.2, 0) is 9.53 Å². The number of alkyl halides is 1. The van der Waals surface area contributed by atoms with Gasteiger partial charge in [-0.3, -0.25) is 4.79 Å². The monoisotopic (exact) mass is 259 g/mol. The fourth-order valence-electron chi connectivity index (χ4n) is 2.56. The maximum atomic E-state index is 12.2. The third-order valence-electron chi connectivity index (χ3n) is 3.79. The van der Waals surface area contributed by atoms with Crippen LogP contribution in [0.15, 0.2) is 0 Å². The topological polar surface area (TPSA) is 29.5 Å². The van der Waals surface area contributed by atoms with Gasteiger partial charge in [0.05, 0.1) is 12.5 Å². The summed E-state index contributed by atoms with van der Waals surface area (Å²) < 4.78 is 5.54. The van der Waals surface area contributed by atoms with Crippen molar-refractivity contribution in [1.82, 2.24) is 4.90 Å². The van der Waals surface area contributed by atoms with Gasteiger partial charge in [0, 0.05) is 25.1 Å². The third-order valence-corrected chi connectivity index (χ3v) is 4.06. The summed E-state index contributed by atoms with van der Waals surface area (Å²) in [5.41, 5.74) is 0. The van der Waals surface area contributed by atoms with E-state index in [2.05, 4.69) is 0 Å². The fourth-order valence-corrected chi connectivity index (χ4v) is 2.68. The molecule has 1 aliphatic heterocycles. The molecule has 1 heterocycles. The molecule has 3 nitrogen and oxygen atoms in total. The SMILES string of the molecule is O=C(CC1CCCO1)N(CCCCl)C1CCC1. The second-order valence-electron chi connectivity index (χ2n) is 5.05. The van der Waals surface area contributed by atoms with Crippen molar-refractivity contribution in [3.8, 4) is 0 Å². The number of ether oxygens (including phenoxy) is 1. The van der Waals surface area contributed by atoms with E-state index >= 15 is 0 Å². The van der Waals surface area contributed by atoms with Gasteiger partial charge >= 0.3 is 0 Å². The largest absolute Gasteiger partial charge is 0.378 e. The summed E-state index contributed by atoms with van der Waals surface area (Å²) in [7, 11) is 0. The number of halogens is 1. The van der Waals surface area contributed by atoms with Crippen LogP contribution in [0.4, 0.5) is 0 Å². The Morgan fingerprint density at radius 3 is 2.65 bits per heavy atom. The molecule has 1 atom stereocenters. The van der Waals surface area contributed by atoms with Crippen LogP contribution >= 0.6 is 11.6 Å². The molecule has 0 N–H and O–H groups in total. The van der Waals surface area contributed by atoms with Crippen LogP contribution in [0, 0.1) is 0 Å². The van der Waals surface area contributed by atoms with Gasteiger partial charge in [-0.05, 0) is 38.5 Å². The van der Waals surface area contributed by atoms with Crippen LogP contribution in [0.2, 0.25) is 0 Å². The molecule has 98 valence electrons. The van der Waals surface area contributed by atoms with Crippen molar-refractivity contribution < 1.29 is 9.53 Å². The Labute approximate surface area is 108 Å². The summed E-state index contributed by atoms with van der Waals surface area (Å²) in [6, 6.07) is 0.479. The third kappa shape index (κ3) is 3.59. The molecular formula is C13H22ClNO2. The summed E-state index contributed by atoms with van der Waals surface area (Å²) in [6.45, 7) is 1.64. The molecule has 2 aliphatic rings. The molecule has 0 aromatic heterocycles. The van der Waals surface area contributed by atoms with Gasteiger partial charge in [0.2, 0.25) is 5.91 Å². The molecule has 0 aromatic rings. The van der Waals surface area contributed by atoms with E-state index in [0.29, 0.717) is 18.3 Å². The van der Waals surface area contributed by atoms with Crippen molar-refractivity contribution in [2.24, 2.45) is 0 Å². The first-order chi connectivity index (χ1) is 8.31.